The fraction of sp³-hybridized carbons (Fsp3) is 0.118. The molecule has 1 heterocycles. The van der Waals surface area contributed by atoms with E-state index in [9.17, 15) is 13.2 Å². The monoisotopic (exact) mass is 438 g/mol. The standard InChI is InChI=1S/C17H15BrN2O3S2/c1-20(25(2,22)23)12-7-8-15-11(9-12)10-16(24-15)17(21)19-14-6-4-3-5-13(14)18/h3-10H,1-2H3,(H,19,21). The number of fused-ring (bicyclic) bond motifs is 1. The summed E-state index contributed by atoms with van der Waals surface area (Å²) in [4.78, 5) is 13.0. The molecule has 1 N–H and O–H groups in total. The molecule has 3 rings (SSSR count). The van der Waals surface area contributed by atoms with Gasteiger partial charge in [-0.3, -0.25) is 9.10 Å². The number of nitrogens with one attached hydrogen (secondary N) is 1. The number of nitrogens with zero attached hydrogens (tertiary/aromatic N) is 1. The fourth-order valence-corrected chi connectivity index (χ4v) is 4.10. The molecule has 25 heavy (non-hydrogen) atoms. The maximum Gasteiger partial charge on any atom is 0.265 e. The van der Waals surface area contributed by atoms with Crippen LogP contribution in [0.25, 0.3) is 10.1 Å². The topological polar surface area (TPSA) is 66.5 Å². The molecule has 3 aromatic rings. The van der Waals surface area contributed by atoms with Crippen LogP contribution in [0.2, 0.25) is 0 Å². The Hall–Kier alpha value is -1.90. The van der Waals surface area contributed by atoms with E-state index in [0.29, 0.717) is 16.3 Å². The van der Waals surface area contributed by atoms with Gasteiger partial charge in [-0.25, -0.2) is 8.42 Å². The Labute approximate surface area is 158 Å². The number of sulfonamides is 1. The van der Waals surface area contributed by atoms with Gasteiger partial charge in [0, 0.05) is 16.2 Å². The summed E-state index contributed by atoms with van der Waals surface area (Å²) in [5, 5.41) is 3.70. The molecule has 130 valence electrons. The molecule has 0 spiro atoms. The normalized spacial score (nSPS) is 11.5. The molecule has 0 aliphatic carbocycles. The predicted molar refractivity (Wildman–Crippen MR) is 107 cm³/mol. The molecule has 1 aromatic heterocycles. The molecule has 5 nitrogen and oxygen atoms in total. The summed E-state index contributed by atoms with van der Waals surface area (Å²) in [6.45, 7) is 0. The summed E-state index contributed by atoms with van der Waals surface area (Å²) in [5.41, 5.74) is 1.26. The third-order valence-corrected chi connectivity index (χ3v) is 6.72. The summed E-state index contributed by atoms with van der Waals surface area (Å²) in [6.07, 6.45) is 1.15. The third-order valence-electron chi connectivity index (χ3n) is 3.71. The average Bonchev–Trinajstić information content (AvgIpc) is 2.98. The quantitative estimate of drug-likeness (QED) is 0.659. The van der Waals surface area contributed by atoms with Crippen molar-refractivity contribution < 1.29 is 13.2 Å². The highest BCUT2D eigenvalue weighted by atomic mass is 79.9. The van der Waals surface area contributed by atoms with Crippen LogP contribution in [0, 0.1) is 0 Å². The zero-order valence-corrected chi connectivity index (χ0v) is 16.7. The zero-order chi connectivity index (χ0) is 18.2. The van der Waals surface area contributed by atoms with Gasteiger partial charge < -0.3 is 5.32 Å². The minimum atomic E-state index is -3.33. The van der Waals surface area contributed by atoms with E-state index in [2.05, 4.69) is 21.2 Å². The van der Waals surface area contributed by atoms with E-state index in [1.165, 1.54) is 22.7 Å². The molecule has 0 atom stereocenters. The number of thiophene rings is 1. The second kappa shape index (κ2) is 6.78. The number of carbonyl (C=O) groups excluding carboxylic acids is 1. The number of benzene rings is 2. The largest absolute Gasteiger partial charge is 0.320 e. The van der Waals surface area contributed by atoms with Crippen LogP contribution in [0.4, 0.5) is 11.4 Å². The van der Waals surface area contributed by atoms with E-state index in [1.807, 2.05) is 30.3 Å². The van der Waals surface area contributed by atoms with Crippen LogP contribution < -0.4 is 9.62 Å². The van der Waals surface area contributed by atoms with E-state index in [4.69, 9.17) is 0 Å². The van der Waals surface area contributed by atoms with Gasteiger partial charge in [0.05, 0.1) is 22.5 Å². The number of para-hydroxylation sites is 1. The number of amides is 1. The number of halogens is 1. The van der Waals surface area contributed by atoms with Crippen LogP contribution >= 0.6 is 27.3 Å². The number of anilines is 2. The third kappa shape index (κ3) is 3.86. The Bertz CT molecular complexity index is 1060. The van der Waals surface area contributed by atoms with Crippen molar-refractivity contribution in [1.29, 1.82) is 0 Å². The lowest BCUT2D eigenvalue weighted by molar-refractivity contribution is 0.103. The summed E-state index contributed by atoms with van der Waals surface area (Å²) >= 11 is 4.77. The van der Waals surface area contributed by atoms with E-state index in [1.54, 1.807) is 18.2 Å². The van der Waals surface area contributed by atoms with E-state index < -0.39 is 10.0 Å². The summed E-state index contributed by atoms with van der Waals surface area (Å²) in [7, 11) is -1.82. The Balaban J connectivity index is 1.91. The molecule has 0 saturated carbocycles. The van der Waals surface area contributed by atoms with Crippen LogP contribution in [-0.2, 0) is 10.0 Å². The predicted octanol–water partition coefficient (Wildman–Crippen LogP) is 4.31. The summed E-state index contributed by atoms with van der Waals surface area (Å²) < 4.78 is 26.3. The maximum atomic E-state index is 12.5. The van der Waals surface area contributed by atoms with Gasteiger partial charge >= 0.3 is 0 Å². The second-order valence-corrected chi connectivity index (χ2v) is 9.45. The molecule has 0 aliphatic rings. The summed E-state index contributed by atoms with van der Waals surface area (Å²) in [5.74, 6) is -0.203. The first kappa shape index (κ1) is 17.9. The lowest BCUT2D eigenvalue weighted by Crippen LogP contribution is -2.24. The van der Waals surface area contributed by atoms with Crippen LogP contribution in [0.15, 0.2) is 53.0 Å². The maximum absolute atomic E-state index is 12.5. The first-order valence-electron chi connectivity index (χ1n) is 7.29. The van der Waals surface area contributed by atoms with Crippen molar-refractivity contribution in [1.82, 2.24) is 0 Å². The number of rotatable bonds is 4. The Morgan fingerprint density at radius 3 is 2.56 bits per heavy atom. The van der Waals surface area contributed by atoms with E-state index in [0.717, 1.165) is 20.8 Å². The Morgan fingerprint density at radius 2 is 1.88 bits per heavy atom. The lowest BCUT2D eigenvalue weighted by atomic mass is 10.2. The number of carbonyl (C=O) groups is 1. The van der Waals surface area contributed by atoms with Gasteiger partial charge in [-0.15, -0.1) is 11.3 Å². The van der Waals surface area contributed by atoms with Crippen molar-refractivity contribution in [3.05, 3.63) is 57.9 Å². The van der Waals surface area contributed by atoms with Crippen LogP contribution in [-0.4, -0.2) is 27.6 Å². The highest BCUT2D eigenvalue weighted by Crippen LogP contribution is 2.31. The van der Waals surface area contributed by atoms with Crippen LogP contribution in [0.1, 0.15) is 9.67 Å². The first-order chi connectivity index (χ1) is 11.8. The smallest absolute Gasteiger partial charge is 0.265 e. The molecule has 1 amide bonds. The molecule has 0 fully saturated rings. The first-order valence-corrected chi connectivity index (χ1v) is 10.7. The van der Waals surface area contributed by atoms with Gasteiger partial charge in [0.25, 0.3) is 5.91 Å². The van der Waals surface area contributed by atoms with Crippen molar-refractivity contribution >= 4 is 64.7 Å². The molecule has 0 unspecified atom stereocenters. The van der Waals surface area contributed by atoms with Gasteiger partial charge in [0.2, 0.25) is 10.0 Å². The van der Waals surface area contributed by atoms with Gasteiger partial charge in [-0.1, -0.05) is 12.1 Å². The average molecular weight is 439 g/mol. The van der Waals surface area contributed by atoms with Gasteiger partial charge in [-0.2, -0.15) is 0 Å². The van der Waals surface area contributed by atoms with Crippen molar-refractivity contribution in [3.8, 4) is 0 Å². The molecular formula is C17H15BrN2O3S2. The highest BCUT2D eigenvalue weighted by molar-refractivity contribution is 9.10. The van der Waals surface area contributed by atoms with Crippen LogP contribution in [0.3, 0.4) is 0 Å². The van der Waals surface area contributed by atoms with Gasteiger partial charge in [0.1, 0.15) is 0 Å². The van der Waals surface area contributed by atoms with Crippen molar-refractivity contribution in [2.45, 2.75) is 0 Å². The molecule has 8 heteroatoms. The van der Waals surface area contributed by atoms with Gasteiger partial charge in [-0.05, 0) is 57.7 Å². The zero-order valence-electron chi connectivity index (χ0n) is 13.5. The Kier molecular flexibility index (Phi) is 4.86. The highest BCUT2D eigenvalue weighted by Gasteiger charge is 2.15. The minimum Gasteiger partial charge on any atom is -0.320 e. The molecule has 0 bridgehead atoms. The van der Waals surface area contributed by atoms with E-state index in [-0.39, 0.29) is 5.91 Å². The molecule has 2 aromatic carbocycles. The fourth-order valence-electron chi connectivity index (χ4n) is 2.28. The summed E-state index contributed by atoms with van der Waals surface area (Å²) in [6, 6.07) is 14.5. The molecule has 0 radical (unpaired) electrons. The van der Waals surface area contributed by atoms with Crippen molar-refractivity contribution in [2.75, 3.05) is 22.9 Å². The van der Waals surface area contributed by atoms with Crippen molar-refractivity contribution in [3.63, 3.8) is 0 Å². The van der Waals surface area contributed by atoms with Crippen molar-refractivity contribution in [2.24, 2.45) is 0 Å². The van der Waals surface area contributed by atoms with Crippen LogP contribution in [0.5, 0.6) is 0 Å². The second-order valence-electron chi connectivity index (χ2n) is 5.50. The Morgan fingerprint density at radius 1 is 1.16 bits per heavy atom. The molecular weight excluding hydrogens is 424 g/mol. The SMILES string of the molecule is CN(c1ccc2sc(C(=O)Nc3ccccc3Br)cc2c1)S(C)(=O)=O. The number of hydrogen-bond acceptors (Lipinski definition) is 4. The molecule has 0 aliphatic heterocycles. The molecule has 0 saturated heterocycles. The van der Waals surface area contributed by atoms with E-state index >= 15 is 0 Å². The van der Waals surface area contributed by atoms with Gasteiger partial charge in [0.15, 0.2) is 0 Å². The number of hydrogen-bond donors (Lipinski definition) is 1. The lowest BCUT2D eigenvalue weighted by Gasteiger charge is -2.16. The minimum absolute atomic E-state index is 0.203.